The fourth-order valence-corrected chi connectivity index (χ4v) is 4.48. The Morgan fingerprint density at radius 1 is 1.61 bits per heavy atom. The largest absolute Gasteiger partial charge is 0.326 e. The Kier molecular flexibility index (Phi) is 4.39. The van der Waals surface area contributed by atoms with E-state index in [9.17, 15) is 8.42 Å². The lowest BCUT2D eigenvalue weighted by atomic mass is 10.1. The van der Waals surface area contributed by atoms with Gasteiger partial charge in [0, 0.05) is 19.6 Å². The smallest absolute Gasteiger partial charge is 0.250 e. The van der Waals surface area contributed by atoms with Crippen molar-refractivity contribution in [3.05, 3.63) is 17.0 Å². The van der Waals surface area contributed by atoms with Gasteiger partial charge in [0.1, 0.15) is 4.21 Å². The number of likely N-dealkylation sites (tertiary alicyclic amines) is 1. The second-order valence-corrected chi connectivity index (χ2v) is 7.65. The number of nitrogens with zero attached hydrogens (tertiary/aromatic N) is 1. The number of thiophene rings is 1. The van der Waals surface area contributed by atoms with E-state index in [1.807, 2.05) is 0 Å². The van der Waals surface area contributed by atoms with Crippen molar-refractivity contribution >= 4 is 21.4 Å². The normalized spacial score (nSPS) is 21.6. The van der Waals surface area contributed by atoms with Crippen LogP contribution in [0.15, 0.2) is 15.7 Å². The van der Waals surface area contributed by atoms with Crippen LogP contribution in [0.3, 0.4) is 0 Å². The van der Waals surface area contributed by atoms with Gasteiger partial charge in [-0.25, -0.2) is 13.1 Å². The molecule has 18 heavy (non-hydrogen) atoms. The average molecular weight is 289 g/mol. The molecule has 2 heterocycles. The number of hydrogen-bond donors (Lipinski definition) is 2. The lowest BCUT2D eigenvalue weighted by Crippen LogP contribution is -2.30. The first-order chi connectivity index (χ1) is 8.51. The molecular weight excluding hydrogens is 270 g/mol. The van der Waals surface area contributed by atoms with Crippen LogP contribution in [0.5, 0.6) is 0 Å². The summed E-state index contributed by atoms with van der Waals surface area (Å²) in [6.07, 6.45) is 1.05. The number of nitrogens with one attached hydrogen (secondary N) is 1. The molecule has 0 aliphatic carbocycles. The van der Waals surface area contributed by atoms with E-state index in [0.29, 0.717) is 23.2 Å². The highest BCUT2D eigenvalue weighted by atomic mass is 32.2. The minimum Gasteiger partial charge on any atom is -0.326 e. The van der Waals surface area contributed by atoms with Crippen LogP contribution < -0.4 is 10.5 Å². The Balaban J connectivity index is 1.95. The van der Waals surface area contributed by atoms with Gasteiger partial charge in [0.05, 0.1) is 0 Å². The first kappa shape index (κ1) is 14.0. The number of nitrogens with two attached hydrogens (primary N) is 1. The third kappa shape index (κ3) is 3.30. The third-order valence-corrected chi connectivity index (χ3v) is 6.09. The Morgan fingerprint density at radius 3 is 2.94 bits per heavy atom. The molecule has 0 spiro atoms. The maximum atomic E-state index is 12.0. The highest BCUT2D eigenvalue weighted by Crippen LogP contribution is 2.20. The lowest BCUT2D eigenvalue weighted by molar-refractivity contribution is 0.394. The van der Waals surface area contributed by atoms with Gasteiger partial charge in [-0.15, -0.1) is 11.3 Å². The standard InChI is InChI=1S/C11H19N3O2S2/c1-14-3-2-9(7-14)6-13-18(15,16)11-4-10(5-12)8-17-11/h4,8-9,13H,2-3,5-7,12H2,1H3. The summed E-state index contributed by atoms with van der Waals surface area (Å²) in [7, 11) is -1.30. The zero-order valence-corrected chi connectivity index (χ0v) is 12.1. The zero-order valence-electron chi connectivity index (χ0n) is 10.4. The molecule has 0 bridgehead atoms. The molecule has 1 aromatic heterocycles. The van der Waals surface area contributed by atoms with Crippen LogP contribution in [0, 0.1) is 5.92 Å². The summed E-state index contributed by atoms with van der Waals surface area (Å²) < 4.78 is 27.1. The summed E-state index contributed by atoms with van der Waals surface area (Å²) in [5.41, 5.74) is 6.34. The number of rotatable bonds is 5. The highest BCUT2D eigenvalue weighted by Gasteiger charge is 2.23. The van der Waals surface area contributed by atoms with E-state index in [2.05, 4.69) is 16.7 Å². The van der Waals surface area contributed by atoms with Crippen molar-refractivity contribution in [1.82, 2.24) is 9.62 Å². The molecule has 1 unspecified atom stereocenters. The van der Waals surface area contributed by atoms with Gasteiger partial charge in [-0.05, 0) is 42.9 Å². The zero-order chi connectivity index (χ0) is 13.2. The van der Waals surface area contributed by atoms with E-state index in [1.54, 1.807) is 11.4 Å². The Labute approximate surface area is 112 Å². The maximum absolute atomic E-state index is 12.0. The van der Waals surface area contributed by atoms with Crippen LogP contribution >= 0.6 is 11.3 Å². The molecule has 0 radical (unpaired) electrons. The predicted octanol–water partition coefficient (Wildman–Crippen LogP) is 0.437. The monoisotopic (exact) mass is 289 g/mol. The van der Waals surface area contributed by atoms with E-state index in [4.69, 9.17) is 5.73 Å². The van der Waals surface area contributed by atoms with E-state index < -0.39 is 10.0 Å². The van der Waals surface area contributed by atoms with Crippen molar-refractivity contribution in [2.75, 3.05) is 26.7 Å². The molecule has 102 valence electrons. The van der Waals surface area contributed by atoms with Gasteiger partial charge in [-0.2, -0.15) is 0 Å². The van der Waals surface area contributed by atoms with Gasteiger partial charge in [-0.1, -0.05) is 0 Å². The second-order valence-electron chi connectivity index (χ2n) is 4.75. The van der Waals surface area contributed by atoms with E-state index in [0.717, 1.165) is 25.1 Å². The van der Waals surface area contributed by atoms with Crippen molar-refractivity contribution in [2.45, 2.75) is 17.2 Å². The Bertz CT molecular complexity index is 498. The summed E-state index contributed by atoms with van der Waals surface area (Å²) in [6.45, 7) is 2.89. The fourth-order valence-electron chi connectivity index (χ4n) is 2.09. The molecule has 5 nitrogen and oxygen atoms in total. The number of sulfonamides is 1. The lowest BCUT2D eigenvalue weighted by Gasteiger charge is -2.11. The van der Waals surface area contributed by atoms with Crippen LogP contribution in [-0.4, -0.2) is 40.0 Å². The summed E-state index contributed by atoms with van der Waals surface area (Å²) in [4.78, 5) is 2.22. The first-order valence-electron chi connectivity index (χ1n) is 5.97. The summed E-state index contributed by atoms with van der Waals surface area (Å²) in [5, 5.41) is 1.79. The SMILES string of the molecule is CN1CCC(CNS(=O)(=O)c2cc(CN)cs2)C1. The van der Waals surface area contributed by atoms with Crippen LogP contribution in [0.4, 0.5) is 0 Å². The van der Waals surface area contributed by atoms with Gasteiger partial charge in [0.25, 0.3) is 0 Å². The molecule has 7 heteroatoms. The van der Waals surface area contributed by atoms with E-state index in [-0.39, 0.29) is 0 Å². The average Bonchev–Trinajstić information content (AvgIpc) is 2.95. The molecule has 3 N–H and O–H groups in total. The molecule has 1 aliphatic rings. The van der Waals surface area contributed by atoms with Crippen LogP contribution in [-0.2, 0) is 16.6 Å². The molecular formula is C11H19N3O2S2. The fraction of sp³-hybridized carbons (Fsp3) is 0.636. The maximum Gasteiger partial charge on any atom is 0.250 e. The second kappa shape index (κ2) is 5.66. The molecule has 1 saturated heterocycles. The van der Waals surface area contributed by atoms with E-state index in [1.165, 1.54) is 11.3 Å². The van der Waals surface area contributed by atoms with Gasteiger partial charge >= 0.3 is 0 Å². The van der Waals surface area contributed by atoms with Gasteiger partial charge < -0.3 is 10.6 Å². The highest BCUT2D eigenvalue weighted by molar-refractivity contribution is 7.91. The number of hydrogen-bond acceptors (Lipinski definition) is 5. The van der Waals surface area contributed by atoms with Crippen LogP contribution in [0.2, 0.25) is 0 Å². The predicted molar refractivity (Wildman–Crippen MR) is 73.0 cm³/mol. The third-order valence-electron chi connectivity index (χ3n) is 3.18. The molecule has 0 saturated carbocycles. The molecule has 2 rings (SSSR count). The van der Waals surface area contributed by atoms with Gasteiger partial charge in [0.15, 0.2) is 0 Å². The molecule has 1 atom stereocenters. The summed E-state index contributed by atoms with van der Waals surface area (Å²) in [6, 6.07) is 1.65. The van der Waals surface area contributed by atoms with Crippen molar-refractivity contribution in [2.24, 2.45) is 11.7 Å². The molecule has 0 aromatic carbocycles. The van der Waals surface area contributed by atoms with Crippen molar-refractivity contribution in [3.8, 4) is 0 Å². The van der Waals surface area contributed by atoms with E-state index >= 15 is 0 Å². The molecule has 1 aliphatic heterocycles. The minimum atomic E-state index is -3.36. The molecule has 1 aromatic rings. The van der Waals surface area contributed by atoms with Crippen molar-refractivity contribution in [1.29, 1.82) is 0 Å². The van der Waals surface area contributed by atoms with Crippen LogP contribution in [0.1, 0.15) is 12.0 Å². The quantitative estimate of drug-likeness (QED) is 0.824. The Hall–Kier alpha value is -0.470. The minimum absolute atomic E-state index is 0.356. The molecule has 1 fully saturated rings. The summed E-state index contributed by atoms with van der Waals surface area (Å²) in [5.74, 6) is 0.415. The van der Waals surface area contributed by atoms with Gasteiger partial charge in [0.2, 0.25) is 10.0 Å². The van der Waals surface area contributed by atoms with Crippen molar-refractivity contribution in [3.63, 3.8) is 0 Å². The molecule has 0 amide bonds. The van der Waals surface area contributed by atoms with Gasteiger partial charge in [-0.3, -0.25) is 0 Å². The Morgan fingerprint density at radius 2 is 2.39 bits per heavy atom. The summed E-state index contributed by atoms with van der Waals surface area (Å²) >= 11 is 1.22. The topological polar surface area (TPSA) is 75.4 Å². The first-order valence-corrected chi connectivity index (χ1v) is 8.33. The van der Waals surface area contributed by atoms with Crippen LogP contribution in [0.25, 0.3) is 0 Å². The van der Waals surface area contributed by atoms with Crippen molar-refractivity contribution < 1.29 is 8.42 Å².